The smallest absolute Gasteiger partial charge is 0.130 e. The highest BCUT2D eigenvalue weighted by Crippen LogP contribution is 2.11. The summed E-state index contributed by atoms with van der Waals surface area (Å²) in [7, 11) is 5.82. The molecule has 0 bridgehead atoms. The Hall–Kier alpha value is -2.20. The van der Waals surface area contributed by atoms with Crippen LogP contribution in [0.5, 0.6) is 0 Å². The molecule has 2 aromatic carbocycles. The van der Waals surface area contributed by atoms with Gasteiger partial charge in [-0.05, 0) is 31.0 Å². The number of aliphatic imine (C=N–C) groups is 1. The molecule has 0 heterocycles. The number of nitrogens with two attached hydrogens (primary N) is 1. The maximum Gasteiger partial charge on any atom is 0.130 e. The van der Waals surface area contributed by atoms with Crippen molar-refractivity contribution in [2.75, 3.05) is 26.9 Å². The minimum atomic E-state index is 0.804. The average molecular weight is 327 g/mol. The Kier molecular flexibility index (Phi) is 7.42. The normalized spacial score (nSPS) is 10.6. The third kappa shape index (κ3) is 5.83. The Morgan fingerprint density at radius 1 is 1.09 bits per heavy atom. The van der Waals surface area contributed by atoms with Gasteiger partial charge in [0.1, 0.15) is 5.84 Å². The Balaban J connectivity index is 0.000000238. The van der Waals surface area contributed by atoms with Gasteiger partial charge < -0.3 is 10.6 Å². The third-order valence-corrected chi connectivity index (χ3v) is 3.66. The molecule has 0 amide bonds. The monoisotopic (exact) mass is 327 g/mol. The van der Waals surface area contributed by atoms with E-state index >= 15 is 0 Å². The van der Waals surface area contributed by atoms with Crippen molar-refractivity contribution >= 4 is 29.1 Å². The highest BCUT2D eigenvalue weighted by molar-refractivity contribution is 7.79. The predicted molar refractivity (Wildman–Crippen MR) is 106 cm³/mol. The summed E-state index contributed by atoms with van der Waals surface area (Å²) in [4.78, 5) is 6.25. The van der Waals surface area contributed by atoms with Crippen LogP contribution in [-0.2, 0) is 0 Å². The minimum Gasteiger partial charge on any atom is -0.398 e. The number of amidine groups is 1. The molecule has 4 heteroatoms. The fraction of sp³-hybridized carbons (Fsp3) is 0.263. The summed E-state index contributed by atoms with van der Waals surface area (Å²) in [5.41, 5.74) is 11.0. The van der Waals surface area contributed by atoms with Crippen molar-refractivity contribution in [1.82, 2.24) is 4.90 Å². The van der Waals surface area contributed by atoms with Crippen molar-refractivity contribution in [1.29, 1.82) is 0 Å². The van der Waals surface area contributed by atoms with E-state index in [-0.39, 0.29) is 0 Å². The molecule has 0 aliphatic heterocycles. The molecule has 2 N–H and O–H groups in total. The van der Waals surface area contributed by atoms with Gasteiger partial charge in [0, 0.05) is 37.8 Å². The number of hydrogen-bond donors (Lipinski definition) is 1. The summed E-state index contributed by atoms with van der Waals surface area (Å²) in [5.74, 6) is 1.01. The second-order valence-corrected chi connectivity index (χ2v) is 5.78. The third-order valence-electron chi connectivity index (χ3n) is 3.38. The number of aryl methyl sites for hydroxylation is 2. The van der Waals surface area contributed by atoms with Crippen molar-refractivity contribution in [2.24, 2.45) is 4.99 Å². The van der Waals surface area contributed by atoms with Crippen LogP contribution < -0.4 is 5.73 Å². The molecule has 0 aliphatic carbocycles. The maximum absolute atomic E-state index is 5.63. The van der Waals surface area contributed by atoms with Gasteiger partial charge in [-0.2, -0.15) is 0 Å². The van der Waals surface area contributed by atoms with Crippen LogP contribution in [-0.4, -0.2) is 37.2 Å². The molecular formula is C19H25N3S. The van der Waals surface area contributed by atoms with Gasteiger partial charge in [-0.3, -0.25) is 4.99 Å². The van der Waals surface area contributed by atoms with Crippen molar-refractivity contribution in [3.63, 3.8) is 0 Å². The standard InChI is InChI=1S/C11H16N2.C8H9NS/c1-9-5-7-10(8-6-9)11(12-2)13(3)4;1-6-2-3-7(5-10)4-8(6)9/h5-8H,1-4H3;2-5H,9H2,1H3. The molecule has 0 unspecified atom stereocenters. The molecule has 0 aromatic heterocycles. The van der Waals surface area contributed by atoms with Crippen LogP contribution in [0.4, 0.5) is 5.69 Å². The fourth-order valence-electron chi connectivity index (χ4n) is 2.02. The van der Waals surface area contributed by atoms with Crippen molar-refractivity contribution in [3.05, 3.63) is 64.7 Å². The van der Waals surface area contributed by atoms with Crippen molar-refractivity contribution in [3.8, 4) is 0 Å². The topological polar surface area (TPSA) is 41.6 Å². The second kappa shape index (κ2) is 9.06. The van der Waals surface area contributed by atoms with E-state index in [1.807, 2.05) is 51.2 Å². The number of benzene rings is 2. The molecule has 0 aliphatic rings. The van der Waals surface area contributed by atoms with Gasteiger partial charge in [-0.25, -0.2) is 0 Å². The van der Waals surface area contributed by atoms with Gasteiger partial charge in [0.15, 0.2) is 0 Å². The molecule has 0 saturated heterocycles. The summed E-state index contributed by atoms with van der Waals surface area (Å²) in [5, 5.41) is 1.62. The van der Waals surface area contributed by atoms with E-state index in [0.717, 1.165) is 28.2 Å². The Bertz CT molecular complexity index is 674. The number of nitrogens with zero attached hydrogens (tertiary/aromatic N) is 2. The zero-order valence-corrected chi connectivity index (χ0v) is 15.3. The quantitative estimate of drug-likeness (QED) is 0.394. The molecular weight excluding hydrogens is 302 g/mol. The molecule has 23 heavy (non-hydrogen) atoms. The largest absolute Gasteiger partial charge is 0.398 e. The summed E-state index contributed by atoms with van der Waals surface area (Å²) >= 11 is 4.74. The molecule has 3 nitrogen and oxygen atoms in total. The SMILES string of the molecule is CN=C(c1ccc(C)cc1)N(C)C.Cc1ccc(C=S)cc1N. The van der Waals surface area contributed by atoms with Gasteiger partial charge in [0.2, 0.25) is 0 Å². The predicted octanol–water partition coefficient (Wildman–Crippen LogP) is 3.86. The Morgan fingerprint density at radius 3 is 2.13 bits per heavy atom. The first-order chi connectivity index (χ1) is 10.9. The lowest BCUT2D eigenvalue weighted by Crippen LogP contribution is -2.22. The lowest BCUT2D eigenvalue weighted by molar-refractivity contribution is 0.622. The number of nitrogen functional groups attached to an aromatic ring is 1. The molecule has 0 radical (unpaired) electrons. The van der Waals surface area contributed by atoms with E-state index in [2.05, 4.69) is 36.2 Å². The zero-order valence-electron chi connectivity index (χ0n) is 14.5. The summed E-state index contributed by atoms with van der Waals surface area (Å²) in [6.07, 6.45) is 0. The van der Waals surface area contributed by atoms with Crippen LogP contribution in [0.3, 0.4) is 0 Å². The van der Waals surface area contributed by atoms with Gasteiger partial charge >= 0.3 is 0 Å². The molecule has 0 spiro atoms. The molecule has 0 fully saturated rings. The first-order valence-corrected chi connectivity index (χ1v) is 7.88. The van der Waals surface area contributed by atoms with Gasteiger partial charge in [-0.15, -0.1) is 0 Å². The maximum atomic E-state index is 5.63. The Labute approximate surface area is 144 Å². The van der Waals surface area contributed by atoms with E-state index in [1.54, 1.807) is 5.37 Å². The minimum absolute atomic E-state index is 0.804. The second-order valence-electron chi connectivity index (χ2n) is 5.54. The molecule has 2 rings (SSSR count). The summed E-state index contributed by atoms with van der Waals surface area (Å²) in [6.45, 7) is 4.06. The number of hydrogen-bond acceptors (Lipinski definition) is 3. The van der Waals surface area contributed by atoms with Crippen LogP contribution in [0, 0.1) is 13.8 Å². The zero-order chi connectivity index (χ0) is 17.4. The average Bonchev–Trinajstić information content (AvgIpc) is 2.53. The molecule has 2 aromatic rings. The Morgan fingerprint density at radius 2 is 1.70 bits per heavy atom. The number of thiocarbonyl (C=S) groups is 1. The molecule has 0 saturated carbocycles. The first kappa shape index (κ1) is 18.8. The molecule has 122 valence electrons. The highest BCUT2D eigenvalue weighted by atomic mass is 32.1. The summed E-state index contributed by atoms with van der Waals surface area (Å²) in [6, 6.07) is 14.2. The van der Waals surface area contributed by atoms with Crippen LogP contribution >= 0.6 is 12.2 Å². The number of anilines is 1. The van der Waals surface area contributed by atoms with Crippen molar-refractivity contribution in [2.45, 2.75) is 13.8 Å². The van der Waals surface area contributed by atoms with Crippen molar-refractivity contribution < 1.29 is 0 Å². The lowest BCUT2D eigenvalue weighted by atomic mass is 10.1. The van der Waals surface area contributed by atoms with Crippen LogP contribution in [0.15, 0.2) is 47.5 Å². The van der Waals surface area contributed by atoms with Crippen LogP contribution in [0.1, 0.15) is 22.3 Å². The van der Waals surface area contributed by atoms with Gasteiger partial charge in [0.05, 0.1) is 0 Å². The van der Waals surface area contributed by atoms with Crippen LogP contribution in [0.25, 0.3) is 0 Å². The number of rotatable bonds is 2. The highest BCUT2D eigenvalue weighted by Gasteiger charge is 2.03. The van der Waals surface area contributed by atoms with E-state index < -0.39 is 0 Å². The van der Waals surface area contributed by atoms with Gasteiger partial charge in [0.25, 0.3) is 0 Å². The van der Waals surface area contributed by atoms with E-state index in [4.69, 9.17) is 18.0 Å². The van der Waals surface area contributed by atoms with E-state index in [0.29, 0.717) is 0 Å². The van der Waals surface area contributed by atoms with E-state index in [9.17, 15) is 0 Å². The molecule has 0 atom stereocenters. The first-order valence-electron chi connectivity index (χ1n) is 7.41. The lowest BCUT2D eigenvalue weighted by Gasteiger charge is -2.15. The fourth-order valence-corrected chi connectivity index (χ4v) is 2.17. The van der Waals surface area contributed by atoms with Gasteiger partial charge in [-0.1, -0.05) is 54.2 Å². The van der Waals surface area contributed by atoms with Crippen LogP contribution in [0.2, 0.25) is 0 Å². The van der Waals surface area contributed by atoms with E-state index in [1.165, 1.54) is 5.56 Å². The summed E-state index contributed by atoms with van der Waals surface area (Å²) < 4.78 is 0.